The van der Waals surface area contributed by atoms with Crippen LogP contribution in [0.15, 0.2) is 0 Å². The second-order valence-electron chi connectivity index (χ2n) is 3.29. The lowest BCUT2D eigenvalue weighted by molar-refractivity contribution is -0.154. The quantitative estimate of drug-likeness (QED) is 0.495. The number of esters is 1. The lowest BCUT2D eigenvalue weighted by Crippen LogP contribution is -2.48. The van der Waals surface area contributed by atoms with Crippen LogP contribution in [0.3, 0.4) is 0 Å². The van der Waals surface area contributed by atoms with Crippen LogP contribution in [0.25, 0.3) is 0 Å². The number of nitrogens with two attached hydrogens (primary N) is 1. The van der Waals surface area contributed by atoms with Gasteiger partial charge in [0.1, 0.15) is 0 Å². The Kier molecular flexibility index (Phi) is 6.44. The monoisotopic (exact) mass is 204 g/mol. The molecule has 0 aliphatic heterocycles. The van der Waals surface area contributed by atoms with E-state index in [1.54, 1.807) is 13.8 Å². The Balaban J connectivity index is 3.97. The maximum Gasteiger partial charge on any atom is 0.336 e. The van der Waals surface area contributed by atoms with Crippen molar-refractivity contribution in [2.45, 2.75) is 39.0 Å². The number of ether oxygens (including phenoxy) is 1. The molecule has 5 heteroatoms. The third-order valence-electron chi connectivity index (χ3n) is 1.90. The minimum Gasteiger partial charge on any atom is -0.464 e. The summed E-state index contributed by atoms with van der Waals surface area (Å²) in [5.74, 6) is -0.600. The van der Waals surface area contributed by atoms with Crippen LogP contribution in [-0.4, -0.2) is 42.4 Å². The highest BCUT2D eigenvalue weighted by atomic mass is 16.5. The largest absolute Gasteiger partial charge is 0.464 e. The first-order chi connectivity index (χ1) is 6.52. The van der Waals surface area contributed by atoms with Crippen LogP contribution in [0.1, 0.15) is 20.8 Å². The van der Waals surface area contributed by atoms with Gasteiger partial charge in [0.05, 0.1) is 6.61 Å². The fraction of sp³-hybridized carbons (Fsp3) is 0.889. The van der Waals surface area contributed by atoms with Gasteiger partial charge >= 0.3 is 5.97 Å². The van der Waals surface area contributed by atoms with Gasteiger partial charge in [-0.2, -0.15) is 0 Å². The van der Waals surface area contributed by atoms with Gasteiger partial charge in [0, 0.05) is 18.6 Å². The standard InChI is InChI=1S/C9H20N2O3/c1-4-14-9(13)8(12)7(3)11-6(2)5-10/h6-8,11-12H,4-5,10H2,1-3H3. The number of carbonyl (C=O) groups is 1. The molecule has 0 fully saturated rings. The van der Waals surface area contributed by atoms with E-state index in [1.807, 2.05) is 6.92 Å². The Morgan fingerprint density at radius 1 is 1.57 bits per heavy atom. The van der Waals surface area contributed by atoms with E-state index in [4.69, 9.17) is 5.73 Å². The number of carbonyl (C=O) groups excluding carboxylic acids is 1. The molecule has 0 aliphatic rings. The van der Waals surface area contributed by atoms with Crippen LogP contribution in [0.4, 0.5) is 0 Å². The summed E-state index contributed by atoms with van der Waals surface area (Å²) in [4.78, 5) is 11.1. The van der Waals surface area contributed by atoms with Crippen LogP contribution in [0.2, 0.25) is 0 Å². The molecule has 0 rings (SSSR count). The first kappa shape index (κ1) is 13.4. The van der Waals surface area contributed by atoms with Gasteiger partial charge in [-0.1, -0.05) is 0 Å². The predicted octanol–water partition coefficient (Wildman–Crippen LogP) is -0.764. The Hall–Kier alpha value is -0.650. The van der Waals surface area contributed by atoms with Gasteiger partial charge in [0.15, 0.2) is 6.10 Å². The maximum absolute atomic E-state index is 11.1. The minimum absolute atomic E-state index is 0.0640. The van der Waals surface area contributed by atoms with Crippen molar-refractivity contribution in [3.8, 4) is 0 Å². The first-order valence-corrected chi connectivity index (χ1v) is 4.83. The summed E-state index contributed by atoms with van der Waals surface area (Å²) < 4.78 is 4.68. The van der Waals surface area contributed by atoms with Gasteiger partial charge in [0.25, 0.3) is 0 Å². The molecule has 0 aromatic carbocycles. The number of hydrogen-bond acceptors (Lipinski definition) is 5. The molecule has 0 aromatic rings. The number of nitrogens with one attached hydrogen (secondary N) is 1. The van der Waals surface area contributed by atoms with Crippen LogP contribution in [0, 0.1) is 0 Å². The van der Waals surface area contributed by atoms with Crippen molar-refractivity contribution in [1.29, 1.82) is 0 Å². The Bertz CT molecular complexity index is 175. The highest BCUT2D eigenvalue weighted by molar-refractivity contribution is 5.75. The molecule has 0 bridgehead atoms. The second kappa shape index (κ2) is 6.75. The first-order valence-electron chi connectivity index (χ1n) is 4.83. The predicted molar refractivity (Wildman–Crippen MR) is 53.8 cm³/mol. The summed E-state index contributed by atoms with van der Waals surface area (Å²) in [7, 11) is 0. The Labute approximate surface area is 84.6 Å². The molecule has 0 radical (unpaired) electrons. The van der Waals surface area contributed by atoms with Crippen molar-refractivity contribution in [1.82, 2.24) is 5.32 Å². The number of rotatable bonds is 6. The van der Waals surface area contributed by atoms with E-state index < -0.39 is 12.1 Å². The molecule has 14 heavy (non-hydrogen) atoms. The molecule has 0 aromatic heterocycles. The van der Waals surface area contributed by atoms with Gasteiger partial charge in [-0.3, -0.25) is 0 Å². The number of hydrogen-bond donors (Lipinski definition) is 3. The van der Waals surface area contributed by atoms with Crippen LogP contribution in [0.5, 0.6) is 0 Å². The highest BCUT2D eigenvalue weighted by Crippen LogP contribution is 1.97. The van der Waals surface area contributed by atoms with Crippen LogP contribution >= 0.6 is 0 Å². The molecule has 0 heterocycles. The second-order valence-corrected chi connectivity index (χ2v) is 3.29. The maximum atomic E-state index is 11.1. The summed E-state index contributed by atoms with van der Waals surface area (Å²) in [6.07, 6.45) is -1.14. The molecule has 5 nitrogen and oxygen atoms in total. The molecule has 3 unspecified atom stereocenters. The average Bonchev–Trinajstić information content (AvgIpc) is 2.16. The zero-order valence-electron chi connectivity index (χ0n) is 8.99. The van der Waals surface area contributed by atoms with Crippen molar-refractivity contribution in [2.24, 2.45) is 5.73 Å². The SMILES string of the molecule is CCOC(=O)C(O)C(C)NC(C)CN. The molecule has 0 amide bonds. The summed E-state index contributed by atoms with van der Waals surface area (Å²) in [5, 5.41) is 12.5. The third-order valence-corrected chi connectivity index (χ3v) is 1.90. The highest BCUT2D eigenvalue weighted by Gasteiger charge is 2.24. The van der Waals surface area contributed by atoms with Gasteiger partial charge in [-0.15, -0.1) is 0 Å². The van der Waals surface area contributed by atoms with E-state index in [-0.39, 0.29) is 18.7 Å². The van der Waals surface area contributed by atoms with Gasteiger partial charge < -0.3 is 20.9 Å². The fourth-order valence-electron chi connectivity index (χ4n) is 1.04. The van der Waals surface area contributed by atoms with Crippen molar-refractivity contribution < 1.29 is 14.6 Å². The Morgan fingerprint density at radius 3 is 2.57 bits per heavy atom. The molecular weight excluding hydrogens is 184 g/mol. The summed E-state index contributed by atoms with van der Waals surface area (Å²) in [5.41, 5.74) is 5.39. The van der Waals surface area contributed by atoms with Gasteiger partial charge in [0.2, 0.25) is 0 Å². The van der Waals surface area contributed by atoms with E-state index in [2.05, 4.69) is 10.1 Å². The molecular formula is C9H20N2O3. The van der Waals surface area contributed by atoms with E-state index in [1.165, 1.54) is 0 Å². The van der Waals surface area contributed by atoms with Gasteiger partial charge in [-0.25, -0.2) is 4.79 Å². The summed E-state index contributed by atoms with van der Waals surface area (Å²) in [6.45, 7) is 6.03. The van der Waals surface area contributed by atoms with E-state index >= 15 is 0 Å². The van der Waals surface area contributed by atoms with Crippen LogP contribution < -0.4 is 11.1 Å². The molecule has 0 saturated heterocycles. The Morgan fingerprint density at radius 2 is 2.14 bits per heavy atom. The fourth-order valence-corrected chi connectivity index (χ4v) is 1.04. The zero-order chi connectivity index (χ0) is 11.1. The smallest absolute Gasteiger partial charge is 0.336 e. The molecule has 0 saturated carbocycles. The minimum atomic E-state index is -1.14. The number of aliphatic hydroxyl groups excluding tert-OH is 1. The molecule has 3 atom stereocenters. The van der Waals surface area contributed by atoms with E-state index in [0.717, 1.165) is 0 Å². The number of aliphatic hydroxyl groups is 1. The third kappa shape index (κ3) is 4.55. The molecule has 4 N–H and O–H groups in total. The normalized spacial score (nSPS) is 17.2. The van der Waals surface area contributed by atoms with E-state index in [9.17, 15) is 9.90 Å². The van der Waals surface area contributed by atoms with Crippen LogP contribution in [-0.2, 0) is 9.53 Å². The van der Waals surface area contributed by atoms with E-state index in [0.29, 0.717) is 6.54 Å². The summed E-state index contributed by atoms with van der Waals surface area (Å²) in [6, 6.07) is -0.290. The molecule has 0 aliphatic carbocycles. The summed E-state index contributed by atoms with van der Waals surface area (Å²) >= 11 is 0. The molecule has 84 valence electrons. The van der Waals surface area contributed by atoms with Crippen molar-refractivity contribution >= 4 is 5.97 Å². The van der Waals surface area contributed by atoms with Gasteiger partial charge in [-0.05, 0) is 20.8 Å². The lowest BCUT2D eigenvalue weighted by Gasteiger charge is -2.22. The molecule has 0 spiro atoms. The zero-order valence-corrected chi connectivity index (χ0v) is 8.99. The van der Waals surface area contributed by atoms with Crippen molar-refractivity contribution in [3.05, 3.63) is 0 Å². The van der Waals surface area contributed by atoms with Crippen molar-refractivity contribution in [2.75, 3.05) is 13.2 Å². The average molecular weight is 204 g/mol. The van der Waals surface area contributed by atoms with Crippen molar-refractivity contribution in [3.63, 3.8) is 0 Å². The lowest BCUT2D eigenvalue weighted by atomic mass is 10.1. The topological polar surface area (TPSA) is 84.6 Å².